The monoisotopic (exact) mass is 191 g/mol. The van der Waals surface area contributed by atoms with Gasteiger partial charge in [0.15, 0.2) is 0 Å². The lowest BCUT2D eigenvalue weighted by Gasteiger charge is -2.60. The molecule has 72 valence electrons. The third kappa shape index (κ3) is 1.26. The lowest BCUT2D eigenvalue weighted by Crippen LogP contribution is -2.55. The van der Waals surface area contributed by atoms with E-state index in [9.17, 15) is 0 Å². The molecule has 0 saturated heterocycles. The van der Waals surface area contributed by atoms with Crippen LogP contribution in [0, 0.1) is 10.8 Å². The molecule has 0 unspecified atom stereocenters. The molecule has 0 aromatic carbocycles. The van der Waals surface area contributed by atoms with Crippen molar-refractivity contribution in [2.75, 3.05) is 13.2 Å². The Morgan fingerprint density at radius 1 is 1.17 bits per heavy atom. The summed E-state index contributed by atoms with van der Waals surface area (Å²) in [6.07, 6.45) is 6.17. The molecule has 2 bridgehead atoms. The molecule has 3 aliphatic carbocycles. The molecule has 0 amide bonds. The van der Waals surface area contributed by atoms with Gasteiger partial charge < -0.3 is 10.8 Å². The van der Waals surface area contributed by atoms with Gasteiger partial charge in [-0.3, -0.25) is 0 Å². The number of aliphatic hydroxyl groups excluding tert-OH is 1. The predicted octanol–water partition coefficient (Wildman–Crippen LogP) is 1.31. The summed E-state index contributed by atoms with van der Waals surface area (Å²) in [6.45, 7) is 1.21. The van der Waals surface area contributed by atoms with Gasteiger partial charge in [-0.1, -0.05) is 6.42 Å². The van der Waals surface area contributed by atoms with Crippen LogP contribution >= 0.6 is 12.4 Å². The lowest BCUT2D eigenvalue weighted by atomic mass is 9.46. The van der Waals surface area contributed by atoms with Gasteiger partial charge in [-0.25, -0.2) is 0 Å². The first-order valence-corrected chi connectivity index (χ1v) is 4.55. The van der Waals surface area contributed by atoms with Crippen molar-refractivity contribution < 1.29 is 5.11 Å². The third-order valence-corrected chi connectivity index (χ3v) is 3.68. The maximum absolute atomic E-state index is 9.16. The standard InChI is InChI=1S/C9H17NO.ClH/c10-6-8-2-1-3-9(4-8,5-8)7-11;/h11H,1-7,10H2;1H. The van der Waals surface area contributed by atoms with Gasteiger partial charge >= 0.3 is 0 Å². The van der Waals surface area contributed by atoms with E-state index in [-0.39, 0.29) is 12.4 Å². The van der Waals surface area contributed by atoms with E-state index >= 15 is 0 Å². The summed E-state index contributed by atoms with van der Waals surface area (Å²) in [7, 11) is 0. The molecule has 0 spiro atoms. The number of fused-ring (bicyclic) bond motifs is 2. The molecule has 3 heteroatoms. The first-order chi connectivity index (χ1) is 5.24. The van der Waals surface area contributed by atoms with Crippen molar-refractivity contribution in [3.05, 3.63) is 0 Å². The van der Waals surface area contributed by atoms with E-state index < -0.39 is 0 Å². The summed E-state index contributed by atoms with van der Waals surface area (Å²) in [5.41, 5.74) is 6.46. The Labute approximate surface area is 79.9 Å². The van der Waals surface area contributed by atoms with Crippen molar-refractivity contribution in [2.45, 2.75) is 32.1 Å². The van der Waals surface area contributed by atoms with Crippen LogP contribution in [0.5, 0.6) is 0 Å². The summed E-state index contributed by atoms with van der Waals surface area (Å²) in [5, 5.41) is 9.16. The van der Waals surface area contributed by atoms with Crippen LogP contribution in [-0.2, 0) is 0 Å². The number of rotatable bonds is 2. The largest absolute Gasteiger partial charge is 0.396 e. The zero-order valence-corrected chi connectivity index (χ0v) is 8.20. The Morgan fingerprint density at radius 2 is 1.75 bits per heavy atom. The van der Waals surface area contributed by atoms with Crippen molar-refractivity contribution in [3.63, 3.8) is 0 Å². The van der Waals surface area contributed by atoms with Crippen LogP contribution in [0.25, 0.3) is 0 Å². The third-order valence-electron chi connectivity index (χ3n) is 3.68. The molecule has 12 heavy (non-hydrogen) atoms. The molecule has 3 saturated carbocycles. The highest BCUT2D eigenvalue weighted by Gasteiger charge is 2.55. The Kier molecular flexibility index (Phi) is 2.72. The first kappa shape index (κ1) is 10.3. The molecule has 0 aliphatic heterocycles. The summed E-state index contributed by atoms with van der Waals surface area (Å²) in [6, 6.07) is 0. The van der Waals surface area contributed by atoms with Crippen molar-refractivity contribution in [1.82, 2.24) is 0 Å². The maximum atomic E-state index is 9.16. The molecular formula is C9H18ClNO. The van der Waals surface area contributed by atoms with Crippen LogP contribution in [0.1, 0.15) is 32.1 Å². The van der Waals surface area contributed by atoms with Gasteiger partial charge in [0.05, 0.1) is 0 Å². The van der Waals surface area contributed by atoms with Crippen LogP contribution in [-0.4, -0.2) is 18.3 Å². The van der Waals surface area contributed by atoms with Crippen molar-refractivity contribution in [1.29, 1.82) is 0 Å². The minimum Gasteiger partial charge on any atom is -0.396 e. The van der Waals surface area contributed by atoms with Crippen LogP contribution < -0.4 is 5.73 Å². The quantitative estimate of drug-likeness (QED) is 0.692. The highest BCUT2D eigenvalue weighted by Crippen LogP contribution is 2.62. The number of aliphatic hydroxyl groups is 1. The van der Waals surface area contributed by atoms with Crippen LogP contribution in [0.4, 0.5) is 0 Å². The maximum Gasteiger partial charge on any atom is 0.0487 e. The zero-order chi connectivity index (χ0) is 7.95. The highest BCUT2D eigenvalue weighted by atomic mass is 35.5. The second kappa shape index (κ2) is 3.17. The molecule has 0 atom stereocenters. The number of halogens is 1. The van der Waals surface area contributed by atoms with Crippen LogP contribution in [0.2, 0.25) is 0 Å². The normalized spacial score (nSPS) is 44.5. The highest BCUT2D eigenvalue weighted by molar-refractivity contribution is 5.85. The average molecular weight is 192 g/mol. The second-order valence-electron chi connectivity index (χ2n) is 4.57. The topological polar surface area (TPSA) is 46.2 Å². The van der Waals surface area contributed by atoms with Gasteiger partial charge in [0.2, 0.25) is 0 Å². The first-order valence-electron chi connectivity index (χ1n) is 4.55. The summed E-state index contributed by atoms with van der Waals surface area (Å²) in [5.74, 6) is 0. The fraction of sp³-hybridized carbons (Fsp3) is 1.00. The van der Waals surface area contributed by atoms with Crippen molar-refractivity contribution >= 4 is 12.4 Å². The Bertz CT molecular complexity index is 150. The Balaban J connectivity index is 0.000000720. The van der Waals surface area contributed by atoms with E-state index in [2.05, 4.69) is 0 Å². The zero-order valence-electron chi connectivity index (χ0n) is 7.38. The van der Waals surface area contributed by atoms with Gasteiger partial charge in [-0.2, -0.15) is 0 Å². The van der Waals surface area contributed by atoms with Gasteiger partial charge in [-0.05, 0) is 43.1 Å². The number of hydrogen-bond donors (Lipinski definition) is 2. The van der Waals surface area contributed by atoms with Gasteiger partial charge in [0.25, 0.3) is 0 Å². The van der Waals surface area contributed by atoms with Crippen molar-refractivity contribution in [2.24, 2.45) is 16.6 Å². The fourth-order valence-electron chi connectivity index (χ4n) is 3.17. The van der Waals surface area contributed by atoms with E-state index in [1.54, 1.807) is 0 Å². The average Bonchev–Trinajstić information content (AvgIpc) is 2.04. The molecule has 0 radical (unpaired) electrons. The smallest absolute Gasteiger partial charge is 0.0487 e. The Hall–Kier alpha value is 0.210. The SMILES string of the molecule is Cl.NCC12CCCC(CO)(C1)C2. The molecule has 3 fully saturated rings. The van der Waals surface area contributed by atoms with Crippen LogP contribution in [0.3, 0.4) is 0 Å². The van der Waals surface area contributed by atoms with Gasteiger partial charge in [-0.15, -0.1) is 12.4 Å². The minimum absolute atomic E-state index is 0. The van der Waals surface area contributed by atoms with Crippen molar-refractivity contribution in [3.8, 4) is 0 Å². The summed E-state index contributed by atoms with van der Waals surface area (Å²) < 4.78 is 0. The van der Waals surface area contributed by atoms with Crippen LogP contribution in [0.15, 0.2) is 0 Å². The fourth-order valence-corrected chi connectivity index (χ4v) is 3.17. The summed E-state index contributed by atoms with van der Waals surface area (Å²) >= 11 is 0. The molecule has 0 aromatic rings. The molecule has 0 heterocycles. The second-order valence-corrected chi connectivity index (χ2v) is 4.57. The molecule has 3 N–H and O–H groups in total. The van der Waals surface area contributed by atoms with Gasteiger partial charge in [0.1, 0.15) is 0 Å². The molecule has 0 aromatic heterocycles. The molecule has 2 nitrogen and oxygen atoms in total. The molecule has 3 aliphatic rings. The minimum atomic E-state index is 0. The number of nitrogens with two attached hydrogens (primary N) is 1. The van der Waals surface area contributed by atoms with E-state index in [0.717, 1.165) is 6.54 Å². The molecular weight excluding hydrogens is 174 g/mol. The number of hydrogen-bond acceptors (Lipinski definition) is 2. The lowest BCUT2D eigenvalue weighted by molar-refractivity contribution is -0.115. The van der Waals surface area contributed by atoms with E-state index in [0.29, 0.717) is 17.4 Å². The van der Waals surface area contributed by atoms with E-state index in [1.165, 1.54) is 32.1 Å². The summed E-state index contributed by atoms with van der Waals surface area (Å²) in [4.78, 5) is 0. The van der Waals surface area contributed by atoms with E-state index in [1.807, 2.05) is 0 Å². The Morgan fingerprint density at radius 3 is 2.25 bits per heavy atom. The molecule has 3 rings (SSSR count). The van der Waals surface area contributed by atoms with Gasteiger partial charge in [0, 0.05) is 6.61 Å². The predicted molar refractivity (Wildman–Crippen MR) is 51.3 cm³/mol. The van der Waals surface area contributed by atoms with E-state index in [4.69, 9.17) is 10.8 Å².